The normalized spacial score (nSPS) is 16.5. The SMILES string of the molecule is O=C(NCC(=O)N1CCCC1CCc1ccccc1)c1ccccc1I. The first-order valence-corrected chi connectivity index (χ1v) is 10.1. The molecule has 1 unspecified atom stereocenters. The summed E-state index contributed by atoms with van der Waals surface area (Å²) in [5.74, 6) is -0.178. The van der Waals surface area contributed by atoms with Crippen molar-refractivity contribution in [1.29, 1.82) is 0 Å². The van der Waals surface area contributed by atoms with Gasteiger partial charge in [-0.1, -0.05) is 42.5 Å². The highest BCUT2D eigenvalue weighted by atomic mass is 127. The van der Waals surface area contributed by atoms with Gasteiger partial charge in [-0.3, -0.25) is 9.59 Å². The van der Waals surface area contributed by atoms with E-state index < -0.39 is 0 Å². The zero-order valence-corrected chi connectivity index (χ0v) is 16.8. The Bertz CT molecular complexity index is 764. The van der Waals surface area contributed by atoms with Gasteiger partial charge in [0, 0.05) is 16.2 Å². The molecular weight excluding hydrogens is 439 g/mol. The molecule has 0 bridgehead atoms. The number of aryl methyl sites for hydroxylation is 1. The number of carbonyl (C=O) groups is 2. The van der Waals surface area contributed by atoms with E-state index in [1.54, 1.807) is 6.07 Å². The topological polar surface area (TPSA) is 49.4 Å². The van der Waals surface area contributed by atoms with E-state index in [9.17, 15) is 9.59 Å². The summed E-state index contributed by atoms with van der Waals surface area (Å²) < 4.78 is 0.886. The molecule has 1 N–H and O–H groups in total. The fraction of sp³-hybridized carbons (Fsp3) is 0.333. The van der Waals surface area contributed by atoms with Crippen molar-refractivity contribution in [3.05, 3.63) is 69.3 Å². The van der Waals surface area contributed by atoms with Gasteiger partial charge in [-0.2, -0.15) is 0 Å². The number of benzene rings is 2. The molecule has 0 aromatic heterocycles. The first kappa shape index (κ1) is 18.9. The fourth-order valence-corrected chi connectivity index (χ4v) is 4.07. The second kappa shape index (κ2) is 9.16. The van der Waals surface area contributed by atoms with E-state index >= 15 is 0 Å². The summed E-state index contributed by atoms with van der Waals surface area (Å²) in [6.07, 6.45) is 4.03. The van der Waals surface area contributed by atoms with Crippen LogP contribution in [-0.4, -0.2) is 35.8 Å². The Kier molecular flexibility index (Phi) is 6.66. The van der Waals surface area contributed by atoms with E-state index in [-0.39, 0.29) is 24.4 Å². The smallest absolute Gasteiger partial charge is 0.252 e. The maximum atomic E-state index is 12.6. The maximum absolute atomic E-state index is 12.6. The number of hydrogen-bond donors (Lipinski definition) is 1. The molecule has 5 heteroatoms. The molecule has 2 aromatic carbocycles. The average Bonchev–Trinajstić information content (AvgIpc) is 3.14. The molecule has 1 aliphatic heterocycles. The number of rotatable bonds is 6. The Labute approximate surface area is 168 Å². The van der Waals surface area contributed by atoms with Crippen LogP contribution in [0.5, 0.6) is 0 Å². The second-order valence-electron chi connectivity index (χ2n) is 6.57. The van der Waals surface area contributed by atoms with Crippen molar-refractivity contribution in [3.63, 3.8) is 0 Å². The second-order valence-corrected chi connectivity index (χ2v) is 7.73. The highest BCUT2D eigenvalue weighted by Gasteiger charge is 2.28. The van der Waals surface area contributed by atoms with Gasteiger partial charge in [0.25, 0.3) is 5.91 Å². The molecule has 26 heavy (non-hydrogen) atoms. The molecule has 0 radical (unpaired) electrons. The number of amides is 2. The largest absolute Gasteiger partial charge is 0.343 e. The van der Waals surface area contributed by atoms with Gasteiger partial charge in [0.15, 0.2) is 0 Å². The van der Waals surface area contributed by atoms with Crippen LogP contribution in [0.1, 0.15) is 35.2 Å². The number of nitrogens with one attached hydrogen (secondary N) is 1. The fourth-order valence-electron chi connectivity index (χ4n) is 3.44. The predicted octanol–water partition coefficient (Wildman–Crippen LogP) is 3.64. The van der Waals surface area contributed by atoms with Gasteiger partial charge in [0.1, 0.15) is 0 Å². The van der Waals surface area contributed by atoms with Crippen molar-refractivity contribution in [1.82, 2.24) is 10.2 Å². The quantitative estimate of drug-likeness (QED) is 0.667. The summed E-state index contributed by atoms with van der Waals surface area (Å²) in [6, 6.07) is 18.0. The molecule has 1 fully saturated rings. The molecule has 1 aliphatic rings. The maximum Gasteiger partial charge on any atom is 0.252 e. The van der Waals surface area contributed by atoms with Crippen molar-refractivity contribution in [2.24, 2.45) is 0 Å². The van der Waals surface area contributed by atoms with Crippen LogP contribution in [0.3, 0.4) is 0 Å². The minimum atomic E-state index is -0.191. The van der Waals surface area contributed by atoms with Gasteiger partial charge in [-0.05, 0) is 66.0 Å². The van der Waals surface area contributed by atoms with E-state index in [1.165, 1.54) is 5.56 Å². The lowest BCUT2D eigenvalue weighted by molar-refractivity contribution is -0.131. The summed E-state index contributed by atoms with van der Waals surface area (Å²) in [5.41, 5.74) is 1.92. The van der Waals surface area contributed by atoms with Gasteiger partial charge >= 0.3 is 0 Å². The van der Waals surface area contributed by atoms with Crippen LogP contribution in [0.25, 0.3) is 0 Å². The molecule has 2 aromatic rings. The molecule has 2 amide bonds. The number of nitrogens with zero attached hydrogens (tertiary/aromatic N) is 1. The minimum absolute atomic E-state index is 0.0138. The molecule has 136 valence electrons. The lowest BCUT2D eigenvalue weighted by Crippen LogP contribution is -2.42. The molecule has 0 spiro atoms. The summed E-state index contributed by atoms with van der Waals surface area (Å²) in [4.78, 5) is 26.8. The van der Waals surface area contributed by atoms with Crippen molar-refractivity contribution in [2.45, 2.75) is 31.7 Å². The summed E-state index contributed by atoms with van der Waals surface area (Å²) in [6.45, 7) is 0.850. The Balaban J connectivity index is 1.52. The lowest BCUT2D eigenvalue weighted by Gasteiger charge is -2.25. The molecular formula is C21H23IN2O2. The number of halogens is 1. The highest BCUT2D eigenvalue weighted by Crippen LogP contribution is 2.22. The van der Waals surface area contributed by atoms with Gasteiger partial charge in [-0.15, -0.1) is 0 Å². The molecule has 4 nitrogen and oxygen atoms in total. The van der Waals surface area contributed by atoms with Crippen molar-refractivity contribution < 1.29 is 9.59 Å². The van der Waals surface area contributed by atoms with E-state index in [2.05, 4.69) is 40.0 Å². The third-order valence-corrected chi connectivity index (χ3v) is 5.77. The Morgan fingerprint density at radius 2 is 1.81 bits per heavy atom. The van der Waals surface area contributed by atoms with E-state index in [0.29, 0.717) is 5.56 Å². The number of carbonyl (C=O) groups excluding carboxylic acids is 2. The zero-order valence-electron chi connectivity index (χ0n) is 14.7. The van der Waals surface area contributed by atoms with Gasteiger partial charge in [-0.25, -0.2) is 0 Å². The van der Waals surface area contributed by atoms with Crippen LogP contribution in [0.2, 0.25) is 0 Å². The van der Waals surface area contributed by atoms with Crippen LogP contribution in [0.15, 0.2) is 54.6 Å². The van der Waals surface area contributed by atoms with Gasteiger partial charge in [0.05, 0.1) is 12.1 Å². The van der Waals surface area contributed by atoms with Crippen LogP contribution in [0, 0.1) is 3.57 Å². The lowest BCUT2D eigenvalue weighted by atomic mass is 10.0. The Morgan fingerprint density at radius 1 is 1.08 bits per heavy atom. The predicted molar refractivity (Wildman–Crippen MR) is 111 cm³/mol. The van der Waals surface area contributed by atoms with Crippen molar-refractivity contribution in [3.8, 4) is 0 Å². The summed E-state index contributed by atoms with van der Waals surface area (Å²) >= 11 is 2.13. The third kappa shape index (κ3) is 4.84. The molecule has 1 atom stereocenters. The first-order valence-electron chi connectivity index (χ1n) is 9.01. The Hall–Kier alpha value is -1.89. The monoisotopic (exact) mass is 462 g/mol. The Morgan fingerprint density at radius 3 is 2.58 bits per heavy atom. The molecule has 1 heterocycles. The summed E-state index contributed by atoms with van der Waals surface area (Å²) in [7, 11) is 0. The first-order chi connectivity index (χ1) is 12.6. The number of likely N-dealkylation sites (tertiary alicyclic amines) is 1. The standard InChI is InChI=1S/C21H23IN2O2/c22-19-11-5-4-10-18(19)21(26)23-15-20(25)24-14-6-9-17(24)13-12-16-7-2-1-3-8-16/h1-5,7-8,10-11,17H,6,9,12-15H2,(H,23,26). The van der Waals surface area contributed by atoms with Crippen molar-refractivity contribution in [2.75, 3.05) is 13.1 Å². The van der Waals surface area contributed by atoms with E-state index in [0.717, 1.165) is 35.8 Å². The number of hydrogen-bond acceptors (Lipinski definition) is 2. The van der Waals surface area contributed by atoms with Crippen molar-refractivity contribution >= 4 is 34.4 Å². The van der Waals surface area contributed by atoms with E-state index in [1.807, 2.05) is 41.3 Å². The van der Waals surface area contributed by atoms with Gasteiger partial charge in [0.2, 0.25) is 5.91 Å². The molecule has 0 aliphatic carbocycles. The van der Waals surface area contributed by atoms with Crippen LogP contribution in [0.4, 0.5) is 0 Å². The minimum Gasteiger partial charge on any atom is -0.343 e. The average molecular weight is 462 g/mol. The highest BCUT2D eigenvalue weighted by molar-refractivity contribution is 14.1. The van der Waals surface area contributed by atoms with Crippen LogP contribution < -0.4 is 5.32 Å². The molecule has 3 rings (SSSR count). The van der Waals surface area contributed by atoms with Gasteiger partial charge < -0.3 is 10.2 Å². The van der Waals surface area contributed by atoms with Crippen LogP contribution in [-0.2, 0) is 11.2 Å². The van der Waals surface area contributed by atoms with Crippen LogP contribution >= 0.6 is 22.6 Å². The third-order valence-electron chi connectivity index (χ3n) is 4.83. The molecule has 1 saturated heterocycles. The van der Waals surface area contributed by atoms with E-state index in [4.69, 9.17) is 0 Å². The molecule has 0 saturated carbocycles. The zero-order chi connectivity index (χ0) is 18.4. The summed E-state index contributed by atoms with van der Waals surface area (Å²) in [5, 5.41) is 2.78.